The molecule has 0 saturated carbocycles. The number of rotatable bonds is 3. The van der Waals surface area contributed by atoms with Crippen molar-refractivity contribution in [3.05, 3.63) is 22.1 Å². The van der Waals surface area contributed by atoms with Crippen LogP contribution in [-0.2, 0) is 11.0 Å². The van der Waals surface area contributed by atoms with Crippen LogP contribution in [0.3, 0.4) is 0 Å². The molecule has 0 fully saturated rings. The first-order valence-corrected chi connectivity index (χ1v) is 4.44. The molecule has 17 heavy (non-hydrogen) atoms. The van der Waals surface area contributed by atoms with Crippen molar-refractivity contribution in [2.24, 2.45) is 5.73 Å². The number of aromatic nitrogens is 2. The first-order valence-electron chi connectivity index (χ1n) is 4.44. The van der Waals surface area contributed by atoms with E-state index in [0.717, 1.165) is 6.20 Å². The predicted molar refractivity (Wildman–Crippen MR) is 52.1 cm³/mol. The number of nitrogens with zero attached hydrogens (tertiary/aromatic N) is 1. The molecule has 0 spiro atoms. The van der Waals surface area contributed by atoms with E-state index in [1.165, 1.54) is 6.92 Å². The first kappa shape index (κ1) is 13.0. The lowest BCUT2D eigenvalue weighted by molar-refractivity contribution is -0.138. The van der Waals surface area contributed by atoms with E-state index in [0.29, 0.717) is 0 Å². The van der Waals surface area contributed by atoms with Crippen molar-refractivity contribution in [3.63, 3.8) is 0 Å². The average Bonchev–Trinajstić information content (AvgIpc) is 2.15. The van der Waals surface area contributed by atoms with Gasteiger partial charge < -0.3 is 11.1 Å². The third-order valence-corrected chi connectivity index (χ3v) is 1.94. The van der Waals surface area contributed by atoms with Gasteiger partial charge in [-0.2, -0.15) is 18.3 Å². The van der Waals surface area contributed by atoms with Gasteiger partial charge in [0.2, 0.25) is 5.91 Å². The molecule has 1 aromatic rings. The number of aromatic amines is 1. The molecular formula is C8H9F3N4O2. The fourth-order valence-electron chi connectivity index (χ4n) is 1.09. The highest BCUT2D eigenvalue weighted by atomic mass is 19.4. The van der Waals surface area contributed by atoms with Crippen LogP contribution in [0.25, 0.3) is 0 Å². The second-order valence-corrected chi connectivity index (χ2v) is 3.25. The lowest BCUT2D eigenvalue weighted by Crippen LogP contribution is -2.35. The van der Waals surface area contributed by atoms with Crippen molar-refractivity contribution in [2.45, 2.75) is 19.1 Å². The molecule has 1 rings (SSSR count). The maximum atomic E-state index is 12.6. The summed E-state index contributed by atoms with van der Waals surface area (Å²) in [5, 5.41) is 7.07. The predicted octanol–water partition coefficient (Wildman–Crippen LogP) is 0.0744. The number of H-pyrrole nitrogens is 1. The quantitative estimate of drug-likeness (QED) is 0.706. The molecule has 0 bridgehead atoms. The van der Waals surface area contributed by atoms with E-state index in [1.54, 1.807) is 5.10 Å². The van der Waals surface area contributed by atoms with E-state index < -0.39 is 34.9 Å². The van der Waals surface area contributed by atoms with Gasteiger partial charge >= 0.3 is 6.18 Å². The Morgan fingerprint density at radius 1 is 1.59 bits per heavy atom. The molecule has 4 N–H and O–H groups in total. The highest BCUT2D eigenvalue weighted by Gasteiger charge is 2.37. The molecule has 9 heteroatoms. The van der Waals surface area contributed by atoms with Crippen molar-refractivity contribution in [1.82, 2.24) is 10.2 Å². The smallest absolute Gasteiger partial charge is 0.372 e. The summed E-state index contributed by atoms with van der Waals surface area (Å²) >= 11 is 0. The fraction of sp³-hybridized carbons (Fsp3) is 0.375. The van der Waals surface area contributed by atoms with E-state index in [-0.39, 0.29) is 0 Å². The number of alkyl halides is 3. The van der Waals surface area contributed by atoms with E-state index in [2.05, 4.69) is 10.4 Å². The number of halogens is 3. The van der Waals surface area contributed by atoms with Crippen molar-refractivity contribution < 1.29 is 18.0 Å². The Balaban J connectivity index is 3.21. The third-order valence-electron chi connectivity index (χ3n) is 1.94. The lowest BCUT2D eigenvalue weighted by Gasteiger charge is -2.15. The molecule has 1 atom stereocenters. The number of carbonyl (C=O) groups excluding carboxylic acids is 1. The number of nitrogens with two attached hydrogens (primary N) is 1. The van der Waals surface area contributed by atoms with Gasteiger partial charge in [-0.05, 0) is 6.92 Å². The summed E-state index contributed by atoms with van der Waals surface area (Å²) < 4.78 is 37.7. The molecule has 1 heterocycles. The van der Waals surface area contributed by atoms with Gasteiger partial charge in [0.1, 0.15) is 11.6 Å². The molecule has 0 aliphatic rings. The monoisotopic (exact) mass is 250 g/mol. The minimum atomic E-state index is -4.85. The second-order valence-electron chi connectivity index (χ2n) is 3.25. The number of hydrogen-bond acceptors (Lipinski definition) is 4. The number of anilines is 1. The molecule has 1 unspecified atom stereocenters. The Morgan fingerprint density at radius 2 is 2.18 bits per heavy atom. The Hall–Kier alpha value is -2.06. The minimum absolute atomic E-state index is 0.590. The Bertz CT molecular complexity index is 482. The molecule has 0 aliphatic carbocycles. The summed E-state index contributed by atoms with van der Waals surface area (Å²) in [6.45, 7) is 1.27. The van der Waals surface area contributed by atoms with Crippen LogP contribution in [0.4, 0.5) is 18.9 Å². The summed E-state index contributed by atoms with van der Waals surface area (Å²) in [6, 6.07) is -1.06. The standard InChI is InChI=1S/C8H9F3N4O2/c1-3(6(12)16)14-4-2-13-15-7(17)5(4)8(9,10)11/h2-3H,1H3,(H2,12,16)(H2,14,15,17). The topological polar surface area (TPSA) is 101 Å². The minimum Gasteiger partial charge on any atom is -0.372 e. The van der Waals surface area contributed by atoms with Crippen LogP contribution >= 0.6 is 0 Å². The zero-order valence-corrected chi connectivity index (χ0v) is 8.63. The van der Waals surface area contributed by atoms with Crippen molar-refractivity contribution in [2.75, 3.05) is 5.32 Å². The SMILES string of the molecule is CC(Nc1cn[nH]c(=O)c1C(F)(F)F)C(N)=O. The summed E-state index contributed by atoms with van der Waals surface area (Å²) in [6.07, 6.45) is -4.08. The largest absolute Gasteiger partial charge is 0.423 e. The van der Waals surface area contributed by atoms with E-state index in [9.17, 15) is 22.8 Å². The van der Waals surface area contributed by atoms with Crippen LogP contribution in [0.5, 0.6) is 0 Å². The fourth-order valence-corrected chi connectivity index (χ4v) is 1.09. The summed E-state index contributed by atoms with van der Waals surface area (Å²) in [5.41, 5.74) is 1.47. The van der Waals surface area contributed by atoms with Crippen LogP contribution in [0.1, 0.15) is 12.5 Å². The van der Waals surface area contributed by atoms with Crippen LogP contribution in [0.15, 0.2) is 11.0 Å². The van der Waals surface area contributed by atoms with E-state index >= 15 is 0 Å². The molecule has 0 saturated heterocycles. The van der Waals surface area contributed by atoms with Crippen LogP contribution in [-0.4, -0.2) is 22.1 Å². The first-order chi connectivity index (χ1) is 7.73. The third kappa shape index (κ3) is 2.95. The van der Waals surface area contributed by atoms with Gasteiger partial charge in [0.15, 0.2) is 0 Å². The van der Waals surface area contributed by atoms with Gasteiger partial charge in [0.05, 0.1) is 11.9 Å². The van der Waals surface area contributed by atoms with Gasteiger partial charge in [-0.25, -0.2) is 5.10 Å². The Morgan fingerprint density at radius 3 is 2.65 bits per heavy atom. The maximum absolute atomic E-state index is 12.6. The number of primary amides is 1. The number of hydrogen-bond donors (Lipinski definition) is 3. The zero-order valence-electron chi connectivity index (χ0n) is 8.63. The summed E-state index contributed by atoms with van der Waals surface area (Å²) in [7, 11) is 0. The molecular weight excluding hydrogens is 241 g/mol. The molecule has 1 aromatic heterocycles. The van der Waals surface area contributed by atoms with Gasteiger partial charge in [-0.1, -0.05) is 0 Å². The number of carbonyl (C=O) groups is 1. The van der Waals surface area contributed by atoms with Gasteiger partial charge in [-0.3, -0.25) is 9.59 Å². The average molecular weight is 250 g/mol. The van der Waals surface area contributed by atoms with Crippen molar-refractivity contribution in [3.8, 4) is 0 Å². The van der Waals surface area contributed by atoms with Gasteiger partial charge in [0.25, 0.3) is 5.56 Å². The second kappa shape index (κ2) is 4.44. The zero-order chi connectivity index (χ0) is 13.2. The summed E-state index contributed by atoms with van der Waals surface area (Å²) in [5.74, 6) is -0.849. The van der Waals surface area contributed by atoms with Crippen molar-refractivity contribution in [1.29, 1.82) is 0 Å². The van der Waals surface area contributed by atoms with Crippen LogP contribution in [0.2, 0.25) is 0 Å². The molecule has 0 aromatic carbocycles. The molecule has 0 radical (unpaired) electrons. The lowest BCUT2D eigenvalue weighted by atomic mass is 10.2. The number of nitrogens with one attached hydrogen (secondary N) is 2. The van der Waals surface area contributed by atoms with Crippen molar-refractivity contribution >= 4 is 11.6 Å². The van der Waals surface area contributed by atoms with E-state index in [4.69, 9.17) is 5.73 Å². The van der Waals surface area contributed by atoms with Gasteiger partial charge in [0, 0.05) is 0 Å². The Labute approximate surface area is 93.0 Å². The van der Waals surface area contributed by atoms with Crippen LogP contribution in [0, 0.1) is 0 Å². The summed E-state index contributed by atoms with van der Waals surface area (Å²) in [4.78, 5) is 21.8. The highest BCUT2D eigenvalue weighted by Crippen LogP contribution is 2.31. The normalized spacial score (nSPS) is 13.2. The molecule has 6 nitrogen and oxygen atoms in total. The number of amides is 1. The van der Waals surface area contributed by atoms with E-state index in [1.807, 2.05) is 0 Å². The Kier molecular flexibility index (Phi) is 3.39. The maximum Gasteiger partial charge on any atom is 0.423 e. The van der Waals surface area contributed by atoms with Gasteiger partial charge in [-0.15, -0.1) is 0 Å². The molecule has 1 amide bonds. The molecule has 94 valence electrons. The van der Waals surface area contributed by atoms with Crippen LogP contribution < -0.4 is 16.6 Å². The highest BCUT2D eigenvalue weighted by molar-refractivity contribution is 5.82. The molecule has 0 aliphatic heterocycles.